The zero-order chi connectivity index (χ0) is 13.1. The molecule has 4 heteroatoms. The van der Waals surface area contributed by atoms with Gasteiger partial charge in [-0.15, -0.1) is 0 Å². The quantitative estimate of drug-likeness (QED) is 0.867. The molecule has 98 valence electrons. The predicted octanol–water partition coefficient (Wildman–Crippen LogP) is 3.19. The van der Waals surface area contributed by atoms with E-state index < -0.39 is 5.97 Å². The molecule has 0 spiro atoms. The maximum Gasteiger partial charge on any atom is 0.306 e. The summed E-state index contributed by atoms with van der Waals surface area (Å²) in [7, 11) is 0. The van der Waals surface area contributed by atoms with Crippen LogP contribution in [0.4, 0.5) is 10.1 Å². The Bertz CT molecular complexity index is 439. The fourth-order valence-electron chi connectivity index (χ4n) is 2.40. The van der Waals surface area contributed by atoms with Gasteiger partial charge in [0.1, 0.15) is 5.82 Å². The molecule has 0 unspecified atom stereocenters. The van der Waals surface area contributed by atoms with E-state index in [-0.39, 0.29) is 17.8 Å². The van der Waals surface area contributed by atoms with Crippen LogP contribution in [0.2, 0.25) is 0 Å². The van der Waals surface area contributed by atoms with Crippen molar-refractivity contribution in [3.05, 3.63) is 29.6 Å². The summed E-state index contributed by atoms with van der Waals surface area (Å²) in [6.07, 6.45) is 3.04. The van der Waals surface area contributed by atoms with Crippen LogP contribution < -0.4 is 5.32 Å². The van der Waals surface area contributed by atoms with E-state index in [0.717, 1.165) is 18.5 Å². The maximum absolute atomic E-state index is 13.4. The highest BCUT2D eigenvalue weighted by Crippen LogP contribution is 2.27. The van der Waals surface area contributed by atoms with Gasteiger partial charge in [-0.1, -0.05) is 6.07 Å². The Morgan fingerprint density at radius 1 is 1.33 bits per heavy atom. The number of carboxylic acids is 1. The highest BCUT2D eigenvalue weighted by atomic mass is 19.1. The van der Waals surface area contributed by atoms with Gasteiger partial charge in [-0.25, -0.2) is 4.39 Å². The first-order valence-electron chi connectivity index (χ1n) is 6.32. The number of aliphatic carboxylic acids is 1. The molecule has 0 heterocycles. The molecule has 1 aromatic carbocycles. The largest absolute Gasteiger partial charge is 0.481 e. The summed E-state index contributed by atoms with van der Waals surface area (Å²) in [5.41, 5.74) is 1.41. The van der Waals surface area contributed by atoms with Crippen molar-refractivity contribution in [2.45, 2.75) is 38.6 Å². The van der Waals surface area contributed by atoms with Crippen LogP contribution >= 0.6 is 0 Å². The van der Waals surface area contributed by atoms with E-state index in [0.29, 0.717) is 18.4 Å². The van der Waals surface area contributed by atoms with E-state index in [1.807, 2.05) is 6.07 Å². The number of nitrogens with one attached hydrogen (secondary N) is 1. The molecule has 1 saturated carbocycles. The summed E-state index contributed by atoms with van der Waals surface area (Å²) in [4.78, 5) is 10.8. The summed E-state index contributed by atoms with van der Waals surface area (Å²) in [5.74, 6) is -1.12. The minimum absolute atomic E-state index is 0.209. The highest BCUT2D eigenvalue weighted by molar-refractivity contribution is 5.70. The molecule has 0 aliphatic heterocycles. The number of anilines is 1. The third-order valence-electron chi connectivity index (χ3n) is 3.62. The van der Waals surface area contributed by atoms with Crippen molar-refractivity contribution >= 4 is 11.7 Å². The maximum atomic E-state index is 13.4. The first-order chi connectivity index (χ1) is 8.56. The number of benzene rings is 1. The van der Waals surface area contributed by atoms with Gasteiger partial charge in [-0.05, 0) is 50.3 Å². The van der Waals surface area contributed by atoms with Crippen molar-refractivity contribution in [2.24, 2.45) is 5.92 Å². The second kappa shape index (κ2) is 5.38. The Morgan fingerprint density at radius 3 is 2.56 bits per heavy atom. The van der Waals surface area contributed by atoms with Crippen LogP contribution in [0.25, 0.3) is 0 Å². The minimum atomic E-state index is -0.699. The molecule has 0 saturated heterocycles. The second-order valence-corrected chi connectivity index (χ2v) is 5.00. The first-order valence-corrected chi connectivity index (χ1v) is 6.32. The SMILES string of the molecule is Cc1ccc(NC2CCC(C(=O)O)CC2)cc1F. The van der Waals surface area contributed by atoms with Gasteiger partial charge in [0, 0.05) is 11.7 Å². The number of aryl methyl sites for hydroxylation is 1. The van der Waals surface area contributed by atoms with E-state index in [1.165, 1.54) is 6.07 Å². The molecule has 1 fully saturated rings. The van der Waals surface area contributed by atoms with Crippen molar-refractivity contribution in [1.29, 1.82) is 0 Å². The zero-order valence-corrected chi connectivity index (χ0v) is 10.4. The number of halogens is 1. The Balaban J connectivity index is 1.91. The predicted molar refractivity (Wildman–Crippen MR) is 68.1 cm³/mol. The van der Waals surface area contributed by atoms with Gasteiger partial charge in [0.25, 0.3) is 0 Å². The van der Waals surface area contributed by atoms with Crippen molar-refractivity contribution < 1.29 is 14.3 Å². The average molecular weight is 251 g/mol. The van der Waals surface area contributed by atoms with Crippen molar-refractivity contribution in [2.75, 3.05) is 5.32 Å². The molecule has 1 aliphatic rings. The Labute approximate surface area is 106 Å². The average Bonchev–Trinajstić information content (AvgIpc) is 2.34. The number of hydrogen-bond acceptors (Lipinski definition) is 2. The summed E-state index contributed by atoms with van der Waals surface area (Å²) in [6, 6.07) is 5.36. The highest BCUT2D eigenvalue weighted by Gasteiger charge is 2.25. The van der Waals surface area contributed by atoms with Gasteiger partial charge < -0.3 is 10.4 Å². The smallest absolute Gasteiger partial charge is 0.306 e. The second-order valence-electron chi connectivity index (χ2n) is 5.00. The van der Waals surface area contributed by atoms with Gasteiger partial charge in [0.05, 0.1) is 5.92 Å². The van der Waals surface area contributed by atoms with Crippen LogP contribution in [0.3, 0.4) is 0 Å². The lowest BCUT2D eigenvalue weighted by molar-refractivity contribution is -0.142. The molecule has 2 N–H and O–H groups in total. The van der Waals surface area contributed by atoms with Crippen LogP contribution in [0.15, 0.2) is 18.2 Å². The van der Waals surface area contributed by atoms with Crippen LogP contribution in [0, 0.1) is 18.7 Å². The molecule has 1 aromatic rings. The van der Waals surface area contributed by atoms with E-state index in [1.54, 1.807) is 13.0 Å². The van der Waals surface area contributed by atoms with Gasteiger partial charge >= 0.3 is 5.97 Å². The Hall–Kier alpha value is -1.58. The molecule has 3 nitrogen and oxygen atoms in total. The number of rotatable bonds is 3. The van der Waals surface area contributed by atoms with Crippen LogP contribution in [0.1, 0.15) is 31.2 Å². The number of carboxylic acid groups (broad SMARTS) is 1. The molecule has 0 amide bonds. The lowest BCUT2D eigenvalue weighted by atomic mass is 9.86. The molecule has 0 aromatic heterocycles. The minimum Gasteiger partial charge on any atom is -0.481 e. The number of hydrogen-bond donors (Lipinski definition) is 2. The topological polar surface area (TPSA) is 49.3 Å². The molecular formula is C14H18FNO2. The fraction of sp³-hybridized carbons (Fsp3) is 0.500. The molecule has 0 bridgehead atoms. The summed E-state index contributed by atoms with van der Waals surface area (Å²) in [6.45, 7) is 1.73. The van der Waals surface area contributed by atoms with E-state index in [4.69, 9.17) is 5.11 Å². The molecule has 0 radical (unpaired) electrons. The Kier molecular flexibility index (Phi) is 3.84. The van der Waals surface area contributed by atoms with Crippen LogP contribution in [-0.4, -0.2) is 17.1 Å². The molecule has 2 rings (SSSR count). The molecule has 1 aliphatic carbocycles. The number of carbonyl (C=O) groups is 1. The summed E-state index contributed by atoms with van der Waals surface area (Å²) < 4.78 is 13.4. The van der Waals surface area contributed by atoms with E-state index in [9.17, 15) is 9.18 Å². The molecule has 18 heavy (non-hydrogen) atoms. The monoisotopic (exact) mass is 251 g/mol. The first kappa shape index (κ1) is 12.9. The lowest BCUT2D eigenvalue weighted by Crippen LogP contribution is -2.29. The van der Waals surface area contributed by atoms with Crippen LogP contribution in [-0.2, 0) is 4.79 Å². The van der Waals surface area contributed by atoms with Crippen molar-refractivity contribution in [1.82, 2.24) is 0 Å². The summed E-state index contributed by atoms with van der Waals surface area (Å²) >= 11 is 0. The van der Waals surface area contributed by atoms with Crippen molar-refractivity contribution in [3.63, 3.8) is 0 Å². The summed E-state index contributed by atoms with van der Waals surface area (Å²) in [5, 5.41) is 12.2. The molecular weight excluding hydrogens is 233 g/mol. The van der Waals surface area contributed by atoms with Gasteiger partial charge in [0.15, 0.2) is 0 Å². The molecule has 0 atom stereocenters. The lowest BCUT2D eigenvalue weighted by Gasteiger charge is -2.27. The zero-order valence-electron chi connectivity index (χ0n) is 10.4. The third kappa shape index (κ3) is 3.00. The van der Waals surface area contributed by atoms with E-state index >= 15 is 0 Å². The standard InChI is InChI=1S/C14H18FNO2/c1-9-2-5-12(8-13(9)15)16-11-6-3-10(4-7-11)14(17)18/h2,5,8,10-11,16H,3-4,6-7H2,1H3,(H,17,18). The normalized spacial score (nSPS) is 23.7. The van der Waals surface area contributed by atoms with Crippen LogP contribution in [0.5, 0.6) is 0 Å². The van der Waals surface area contributed by atoms with Gasteiger partial charge in [0.2, 0.25) is 0 Å². The third-order valence-corrected chi connectivity index (χ3v) is 3.62. The van der Waals surface area contributed by atoms with Gasteiger partial charge in [-0.2, -0.15) is 0 Å². The van der Waals surface area contributed by atoms with E-state index in [2.05, 4.69) is 5.32 Å². The fourth-order valence-corrected chi connectivity index (χ4v) is 2.40. The Morgan fingerprint density at radius 2 is 2.00 bits per heavy atom. The van der Waals surface area contributed by atoms with Crippen molar-refractivity contribution in [3.8, 4) is 0 Å². The van der Waals surface area contributed by atoms with Gasteiger partial charge in [-0.3, -0.25) is 4.79 Å².